The Hall–Kier alpha value is -1.55. The Kier molecular flexibility index (Phi) is 5.92. The van der Waals surface area contributed by atoms with E-state index in [0.717, 1.165) is 25.7 Å². The summed E-state index contributed by atoms with van der Waals surface area (Å²) in [5.74, 6) is 0. The third kappa shape index (κ3) is 4.29. The van der Waals surface area contributed by atoms with Crippen LogP contribution in [0, 0.1) is 0 Å². The number of fused-ring (bicyclic) bond motifs is 1. The largest absolute Gasteiger partial charge is 0.256 e. The van der Waals surface area contributed by atoms with E-state index in [0.29, 0.717) is 6.54 Å². The molecule has 2 aromatic rings. The van der Waals surface area contributed by atoms with E-state index < -0.39 is 20.0 Å². The number of nitrogens with one attached hydrogen (secondary N) is 1. The molecular weight excluding hydrogens is 350 g/mol. The van der Waals surface area contributed by atoms with Gasteiger partial charge in [0.05, 0.1) is 4.90 Å². The van der Waals surface area contributed by atoms with Crippen molar-refractivity contribution in [2.75, 3.05) is 6.54 Å². The average molecular weight is 371 g/mol. The average Bonchev–Trinajstić information content (AvgIpc) is 2.52. The summed E-state index contributed by atoms with van der Waals surface area (Å²) in [7, 11) is -7.79. The fourth-order valence-electron chi connectivity index (χ4n) is 2.45. The molecule has 0 saturated carbocycles. The van der Waals surface area contributed by atoms with E-state index >= 15 is 0 Å². The molecule has 0 bridgehead atoms. The summed E-state index contributed by atoms with van der Waals surface area (Å²) in [6.45, 7) is 2.42. The molecule has 7 nitrogen and oxygen atoms in total. The van der Waals surface area contributed by atoms with Gasteiger partial charge in [0.25, 0.3) is 10.0 Å². The van der Waals surface area contributed by atoms with Crippen LogP contribution >= 0.6 is 0 Å². The smallest absolute Gasteiger partial charge is 0.243 e. The maximum atomic E-state index is 12.5. The van der Waals surface area contributed by atoms with E-state index in [1.54, 1.807) is 0 Å². The molecule has 0 radical (unpaired) electrons. The molecule has 0 aliphatic heterocycles. The Morgan fingerprint density at radius 1 is 1.04 bits per heavy atom. The summed E-state index contributed by atoms with van der Waals surface area (Å²) >= 11 is 0. The van der Waals surface area contributed by atoms with Crippen LogP contribution in [0.3, 0.4) is 0 Å². The van der Waals surface area contributed by atoms with Crippen molar-refractivity contribution in [2.45, 2.75) is 42.5 Å². The summed E-state index contributed by atoms with van der Waals surface area (Å²) in [6.07, 6.45) is 5.07. The molecule has 2 rings (SSSR count). The first-order chi connectivity index (χ1) is 11.3. The number of hydrogen-bond acceptors (Lipinski definition) is 5. The Bertz CT molecular complexity index is 925. The van der Waals surface area contributed by atoms with E-state index in [1.807, 2.05) is 0 Å². The van der Waals surface area contributed by atoms with Crippen molar-refractivity contribution < 1.29 is 16.8 Å². The molecular formula is C15H21N3O4S2. The third-order valence-electron chi connectivity index (χ3n) is 3.61. The van der Waals surface area contributed by atoms with Crippen LogP contribution in [0.4, 0.5) is 0 Å². The molecule has 1 aromatic heterocycles. The molecule has 132 valence electrons. The number of nitrogens with zero attached hydrogens (tertiary/aromatic N) is 1. The highest BCUT2D eigenvalue weighted by molar-refractivity contribution is 7.90. The number of hydrogen-bond donors (Lipinski definition) is 2. The van der Waals surface area contributed by atoms with Gasteiger partial charge in [-0.15, -0.1) is 0 Å². The predicted molar refractivity (Wildman–Crippen MR) is 92.4 cm³/mol. The van der Waals surface area contributed by atoms with Gasteiger partial charge in [-0.05, 0) is 18.6 Å². The van der Waals surface area contributed by atoms with Crippen LogP contribution in [0.2, 0.25) is 0 Å². The number of nitrogens with two attached hydrogens (primary N) is 1. The molecule has 1 aromatic carbocycles. The molecule has 0 amide bonds. The van der Waals surface area contributed by atoms with E-state index in [4.69, 9.17) is 5.14 Å². The van der Waals surface area contributed by atoms with Gasteiger partial charge in [0, 0.05) is 23.5 Å². The number of aromatic nitrogens is 1. The number of sulfonamides is 2. The highest BCUT2D eigenvalue weighted by Crippen LogP contribution is 2.26. The molecule has 0 aliphatic carbocycles. The summed E-state index contributed by atoms with van der Waals surface area (Å²) in [6, 6.07) is 5.87. The van der Waals surface area contributed by atoms with Gasteiger partial charge >= 0.3 is 0 Å². The summed E-state index contributed by atoms with van der Waals surface area (Å²) in [4.78, 5) is 3.79. The monoisotopic (exact) mass is 371 g/mol. The van der Waals surface area contributed by atoms with Crippen LogP contribution in [-0.4, -0.2) is 28.4 Å². The lowest BCUT2D eigenvalue weighted by Gasteiger charge is -2.11. The summed E-state index contributed by atoms with van der Waals surface area (Å²) < 4.78 is 50.9. The molecule has 0 aliphatic rings. The Morgan fingerprint density at radius 3 is 2.46 bits per heavy atom. The minimum absolute atomic E-state index is 0.0165. The molecule has 0 saturated heterocycles. The van der Waals surface area contributed by atoms with Gasteiger partial charge in [-0.2, -0.15) is 0 Å². The Labute approximate surface area is 142 Å². The molecule has 0 unspecified atom stereocenters. The first-order valence-corrected chi connectivity index (χ1v) is 10.7. The van der Waals surface area contributed by atoms with Crippen LogP contribution < -0.4 is 9.86 Å². The normalized spacial score (nSPS) is 12.6. The van der Waals surface area contributed by atoms with Crippen molar-refractivity contribution in [1.82, 2.24) is 9.71 Å². The number of rotatable bonds is 8. The van der Waals surface area contributed by atoms with Crippen molar-refractivity contribution >= 4 is 30.8 Å². The van der Waals surface area contributed by atoms with Crippen LogP contribution in [-0.2, 0) is 20.0 Å². The van der Waals surface area contributed by atoms with Gasteiger partial charge in [-0.1, -0.05) is 38.3 Å². The zero-order valence-corrected chi connectivity index (χ0v) is 15.0. The summed E-state index contributed by atoms with van der Waals surface area (Å²) in [5.41, 5.74) is 0. The lowest BCUT2D eigenvalue weighted by atomic mass is 10.2. The van der Waals surface area contributed by atoms with E-state index in [2.05, 4.69) is 16.6 Å². The fraction of sp³-hybridized carbons (Fsp3) is 0.400. The quantitative estimate of drug-likeness (QED) is 0.685. The van der Waals surface area contributed by atoms with Crippen molar-refractivity contribution in [3.8, 4) is 0 Å². The topological polar surface area (TPSA) is 119 Å². The van der Waals surface area contributed by atoms with Gasteiger partial charge in [0.2, 0.25) is 10.0 Å². The standard InChI is InChI=1S/C15H21N3O4S2/c1-2-3-4-5-10-18-24(21,22)14-8-6-7-13-12(14)9-11-17-15(13)23(16,19)20/h6-9,11,18H,2-5,10H2,1H3,(H2,16,19,20). The zero-order valence-electron chi connectivity index (χ0n) is 13.4. The summed E-state index contributed by atoms with van der Waals surface area (Å²) in [5, 5.41) is 5.28. The SMILES string of the molecule is CCCCCCNS(=O)(=O)c1cccc2c(S(N)(=O)=O)nccc12. The number of pyridine rings is 1. The third-order valence-corrected chi connectivity index (χ3v) is 5.99. The number of unbranched alkanes of at least 4 members (excludes halogenated alkanes) is 3. The highest BCUT2D eigenvalue weighted by Gasteiger charge is 2.21. The van der Waals surface area contributed by atoms with Crippen molar-refractivity contribution in [2.24, 2.45) is 5.14 Å². The van der Waals surface area contributed by atoms with Crippen LogP contribution in [0.1, 0.15) is 32.6 Å². The first-order valence-electron chi connectivity index (χ1n) is 7.67. The molecule has 24 heavy (non-hydrogen) atoms. The minimum atomic E-state index is -4.05. The van der Waals surface area contributed by atoms with E-state index in [1.165, 1.54) is 30.5 Å². The molecule has 0 spiro atoms. The van der Waals surface area contributed by atoms with E-state index in [-0.39, 0.29) is 20.7 Å². The second-order valence-electron chi connectivity index (χ2n) is 5.47. The molecule has 0 atom stereocenters. The Morgan fingerprint density at radius 2 is 1.79 bits per heavy atom. The van der Waals surface area contributed by atoms with Crippen molar-refractivity contribution in [1.29, 1.82) is 0 Å². The van der Waals surface area contributed by atoms with Gasteiger partial charge in [0.15, 0.2) is 5.03 Å². The zero-order chi connectivity index (χ0) is 17.8. The molecule has 9 heteroatoms. The maximum absolute atomic E-state index is 12.5. The molecule has 0 fully saturated rings. The van der Waals surface area contributed by atoms with E-state index in [9.17, 15) is 16.8 Å². The van der Waals surface area contributed by atoms with Gasteiger partial charge < -0.3 is 0 Å². The second kappa shape index (κ2) is 7.56. The second-order valence-corrected chi connectivity index (χ2v) is 8.68. The lowest BCUT2D eigenvalue weighted by molar-refractivity contribution is 0.574. The van der Waals surface area contributed by atoms with Crippen LogP contribution in [0.15, 0.2) is 40.4 Å². The number of primary sulfonamides is 1. The van der Waals surface area contributed by atoms with Crippen LogP contribution in [0.25, 0.3) is 10.8 Å². The molecule has 1 heterocycles. The van der Waals surface area contributed by atoms with Gasteiger partial charge in [-0.3, -0.25) is 0 Å². The number of benzene rings is 1. The predicted octanol–water partition coefficient (Wildman–Crippen LogP) is 1.74. The lowest BCUT2D eigenvalue weighted by Crippen LogP contribution is -2.25. The highest BCUT2D eigenvalue weighted by atomic mass is 32.2. The first kappa shape index (κ1) is 18.8. The van der Waals surface area contributed by atoms with Gasteiger partial charge in [0.1, 0.15) is 0 Å². The fourth-order valence-corrected chi connectivity index (χ4v) is 4.43. The minimum Gasteiger partial charge on any atom is -0.243 e. The van der Waals surface area contributed by atoms with Crippen molar-refractivity contribution in [3.63, 3.8) is 0 Å². The molecule has 3 N–H and O–H groups in total. The van der Waals surface area contributed by atoms with Gasteiger partial charge in [-0.25, -0.2) is 31.7 Å². The Balaban J connectivity index is 2.39. The van der Waals surface area contributed by atoms with Crippen molar-refractivity contribution in [3.05, 3.63) is 30.5 Å². The maximum Gasteiger partial charge on any atom is 0.256 e. The van der Waals surface area contributed by atoms with Crippen LogP contribution in [0.5, 0.6) is 0 Å².